The molecule has 1 unspecified atom stereocenters. The number of carbonyl (C=O) groups excluding carboxylic acids is 1. The maximum absolute atomic E-state index is 14.7. The van der Waals surface area contributed by atoms with Crippen LogP contribution >= 0.6 is 11.6 Å². The average Bonchev–Trinajstić information content (AvgIpc) is 2.70. The van der Waals surface area contributed by atoms with Gasteiger partial charge in [0.05, 0.1) is 5.56 Å². The van der Waals surface area contributed by atoms with Gasteiger partial charge in [-0.05, 0) is 43.7 Å². The van der Waals surface area contributed by atoms with Gasteiger partial charge in [0.25, 0.3) is 0 Å². The Bertz CT molecular complexity index is 1050. The van der Waals surface area contributed by atoms with Gasteiger partial charge in [-0.15, -0.1) is 0 Å². The van der Waals surface area contributed by atoms with Gasteiger partial charge in [-0.1, -0.05) is 48.0 Å². The lowest BCUT2D eigenvalue weighted by Gasteiger charge is -2.21. The monoisotopic (exact) mass is 411 g/mol. The van der Waals surface area contributed by atoms with Crippen molar-refractivity contribution in [2.75, 3.05) is 0 Å². The lowest BCUT2D eigenvalue weighted by atomic mass is 9.99. The highest BCUT2D eigenvalue weighted by Crippen LogP contribution is 2.23. The minimum Gasteiger partial charge on any atom is -0.368 e. The van der Waals surface area contributed by atoms with E-state index in [1.165, 1.54) is 0 Å². The van der Waals surface area contributed by atoms with Crippen molar-refractivity contribution >= 4 is 23.7 Å². The predicted molar refractivity (Wildman–Crippen MR) is 110 cm³/mol. The molecule has 1 N–H and O–H groups in total. The molecule has 0 bridgehead atoms. The molecule has 0 fully saturated rings. The molecule has 3 rings (SSSR count). The summed E-state index contributed by atoms with van der Waals surface area (Å²) in [6.45, 7) is 3.53. The van der Waals surface area contributed by atoms with E-state index < -0.39 is 12.2 Å². The van der Waals surface area contributed by atoms with Crippen molar-refractivity contribution < 1.29 is 14.3 Å². The topological polar surface area (TPSA) is 65.8 Å². The van der Waals surface area contributed by atoms with Crippen LogP contribution in [0.4, 0.5) is 4.39 Å². The summed E-state index contributed by atoms with van der Waals surface area (Å²) in [6.07, 6.45) is -0.984. The SMILES string of the molecule is Cc1ccc(/C(=N/N(C=O)C(O)c2ccc(Cl)cc2)c2ccccc2C)c(F)n1. The van der Waals surface area contributed by atoms with E-state index in [0.29, 0.717) is 28.3 Å². The Morgan fingerprint density at radius 2 is 1.79 bits per heavy atom. The van der Waals surface area contributed by atoms with Crippen LogP contribution in [0.15, 0.2) is 65.8 Å². The Balaban J connectivity index is 2.13. The third-order valence-electron chi connectivity index (χ3n) is 4.39. The first kappa shape index (κ1) is 20.6. The van der Waals surface area contributed by atoms with Gasteiger partial charge in [-0.3, -0.25) is 4.79 Å². The highest BCUT2D eigenvalue weighted by molar-refractivity contribution is 6.30. The largest absolute Gasteiger partial charge is 0.368 e. The van der Waals surface area contributed by atoms with Crippen molar-refractivity contribution in [3.8, 4) is 0 Å². The molecule has 5 nitrogen and oxygen atoms in total. The maximum Gasteiger partial charge on any atom is 0.232 e. The summed E-state index contributed by atoms with van der Waals surface area (Å²) >= 11 is 5.88. The number of carbonyl (C=O) groups is 1. The summed E-state index contributed by atoms with van der Waals surface area (Å²) in [5.41, 5.74) is 2.69. The van der Waals surface area contributed by atoms with Crippen LogP contribution in [-0.2, 0) is 4.79 Å². The molecule has 29 heavy (non-hydrogen) atoms. The molecular formula is C22H19ClFN3O2. The zero-order valence-corrected chi connectivity index (χ0v) is 16.6. The van der Waals surface area contributed by atoms with Crippen molar-refractivity contribution in [2.45, 2.75) is 20.1 Å². The number of rotatable bonds is 6. The van der Waals surface area contributed by atoms with Crippen LogP contribution in [0.25, 0.3) is 0 Å². The lowest BCUT2D eigenvalue weighted by molar-refractivity contribution is -0.127. The average molecular weight is 412 g/mol. The first-order valence-electron chi connectivity index (χ1n) is 8.86. The van der Waals surface area contributed by atoms with Crippen LogP contribution in [0, 0.1) is 19.8 Å². The second-order valence-corrected chi connectivity index (χ2v) is 6.90. The summed E-state index contributed by atoms with van der Waals surface area (Å²) < 4.78 is 14.7. The molecule has 2 aromatic carbocycles. The van der Waals surface area contributed by atoms with Gasteiger partial charge in [-0.2, -0.15) is 9.49 Å². The second-order valence-electron chi connectivity index (χ2n) is 6.47. The smallest absolute Gasteiger partial charge is 0.232 e. The van der Waals surface area contributed by atoms with Crippen LogP contribution in [0.1, 0.15) is 34.2 Å². The van der Waals surface area contributed by atoms with Gasteiger partial charge in [0.2, 0.25) is 12.4 Å². The number of hydrogen-bond donors (Lipinski definition) is 1. The molecule has 0 aliphatic heterocycles. The van der Waals surface area contributed by atoms with Gasteiger partial charge in [0.15, 0.2) is 6.23 Å². The molecule has 0 saturated carbocycles. The van der Waals surface area contributed by atoms with Crippen LogP contribution in [-0.4, -0.2) is 27.2 Å². The number of hydrazone groups is 1. The van der Waals surface area contributed by atoms with E-state index in [-0.39, 0.29) is 11.3 Å². The van der Waals surface area contributed by atoms with Crippen LogP contribution in [0.2, 0.25) is 5.02 Å². The fraction of sp³-hybridized carbons (Fsp3) is 0.136. The number of aliphatic hydroxyl groups excluding tert-OH is 1. The van der Waals surface area contributed by atoms with Crippen molar-refractivity contribution in [1.29, 1.82) is 0 Å². The van der Waals surface area contributed by atoms with Crippen LogP contribution in [0.3, 0.4) is 0 Å². The van der Waals surface area contributed by atoms with Crippen molar-refractivity contribution in [3.05, 3.63) is 99.6 Å². The predicted octanol–water partition coefficient (Wildman–Crippen LogP) is 4.39. The summed E-state index contributed by atoms with van der Waals surface area (Å²) in [6, 6.07) is 16.8. The van der Waals surface area contributed by atoms with Crippen molar-refractivity contribution in [2.24, 2.45) is 5.10 Å². The summed E-state index contributed by atoms with van der Waals surface area (Å²) in [5.74, 6) is -0.709. The molecule has 3 aromatic rings. The van der Waals surface area contributed by atoms with E-state index in [1.54, 1.807) is 55.5 Å². The number of nitrogens with zero attached hydrogens (tertiary/aromatic N) is 3. The molecule has 1 amide bonds. The Labute approximate surface area is 173 Å². The first-order chi connectivity index (χ1) is 13.9. The van der Waals surface area contributed by atoms with E-state index >= 15 is 0 Å². The molecule has 148 valence electrons. The highest BCUT2D eigenvalue weighted by Gasteiger charge is 2.21. The minimum atomic E-state index is -1.37. The number of aromatic nitrogens is 1. The Morgan fingerprint density at radius 1 is 1.10 bits per heavy atom. The first-order valence-corrected chi connectivity index (χ1v) is 9.24. The molecule has 0 spiro atoms. The normalized spacial score (nSPS) is 12.5. The van der Waals surface area contributed by atoms with Gasteiger partial charge in [0, 0.05) is 21.8 Å². The van der Waals surface area contributed by atoms with Gasteiger partial charge in [-0.25, -0.2) is 9.99 Å². The number of aryl methyl sites for hydroxylation is 2. The molecule has 0 aliphatic rings. The molecule has 7 heteroatoms. The number of benzene rings is 2. The van der Waals surface area contributed by atoms with E-state index in [0.717, 1.165) is 10.6 Å². The minimum absolute atomic E-state index is 0.125. The second kappa shape index (κ2) is 8.94. The van der Waals surface area contributed by atoms with E-state index in [9.17, 15) is 14.3 Å². The Kier molecular flexibility index (Phi) is 6.36. The molecule has 1 heterocycles. The molecule has 0 aliphatic carbocycles. The number of amides is 1. The maximum atomic E-state index is 14.7. The fourth-order valence-corrected chi connectivity index (χ4v) is 2.96. The highest BCUT2D eigenvalue weighted by atomic mass is 35.5. The zero-order chi connectivity index (χ0) is 21.0. The molecule has 0 saturated heterocycles. The third kappa shape index (κ3) is 4.67. The third-order valence-corrected chi connectivity index (χ3v) is 4.64. The van der Waals surface area contributed by atoms with E-state index in [4.69, 9.17) is 11.6 Å². The van der Waals surface area contributed by atoms with Crippen LogP contribution < -0.4 is 0 Å². The fourth-order valence-electron chi connectivity index (χ4n) is 2.83. The van der Waals surface area contributed by atoms with Gasteiger partial charge >= 0.3 is 0 Å². The quantitative estimate of drug-likeness (QED) is 0.215. The molecule has 0 radical (unpaired) electrons. The van der Waals surface area contributed by atoms with Crippen LogP contribution in [0.5, 0.6) is 0 Å². The number of hydrogen-bond acceptors (Lipinski definition) is 4. The zero-order valence-electron chi connectivity index (χ0n) is 15.9. The van der Waals surface area contributed by atoms with Crippen molar-refractivity contribution in [3.63, 3.8) is 0 Å². The van der Waals surface area contributed by atoms with Gasteiger partial charge in [0.1, 0.15) is 5.71 Å². The molecule has 1 aromatic heterocycles. The van der Waals surface area contributed by atoms with E-state index in [2.05, 4.69) is 10.1 Å². The standard InChI is InChI=1S/C22H19ClFN3O2/c1-14-5-3-4-6-18(14)20(19-12-7-15(2)25-21(19)24)26-27(13-28)22(29)16-8-10-17(23)11-9-16/h3-13,22,29H,1-2H3/b26-20+. The lowest BCUT2D eigenvalue weighted by Crippen LogP contribution is -2.25. The number of pyridine rings is 1. The van der Waals surface area contributed by atoms with Gasteiger partial charge < -0.3 is 5.11 Å². The molecular weight excluding hydrogens is 393 g/mol. The Morgan fingerprint density at radius 3 is 2.41 bits per heavy atom. The molecule has 1 atom stereocenters. The number of halogens is 2. The Hall–Kier alpha value is -3.09. The number of aliphatic hydroxyl groups is 1. The summed E-state index contributed by atoms with van der Waals surface area (Å²) in [4.78, 5) is 15.6. The summed E-state index contributed by atoms with van der Waals surface area (Å²) in [5, 5.41) is 16.3. The van der Waals surface area contributed by atoms with E-state index in [1.807, 2.05) is 19.1 Å². The van der Waals surface area contributed by atoms with Crippen molar-refractivity contribution in [1.82, 2.24) is 9.99 Å². The summed E-state index contributed by atoms with van der Waals surface area (Å²) in [7, 11) is 0.